The van der Waals surface area contributed by atoms with Gasteiger partial charge in [0.25, 0.3) is 0 Å². The number of esters is 1. The molecule has 4 heteroatoms. The van der Waals surface area contributed by atoms with Crippen LogP contribution in [0.25, 0.3) is 0 Å². The molecule has 5 rings (SSSR count). The summed E-state index contributed by atoms with van der Waals surface area (Å²) in [6.07, 6.45) is 9.99. The highest BCUT2D eigenvalue weighted by Gasteiger charge is 2.77. The molecule has 0 N–H and O–H groups in total. The first-order valence-corrected chi connectivity index (χ1v) is 10.3. The SMILES string of the molecule is CC12CCC3C(CCC4=CC(=O)CC[C@@H]43)C13CC3CC2F.COC(C)=O. The van der Waals surface area contributed by atoms with E-state index in [-0.39, 0.29) is 11.4 Å². The van der Waals surface area contributed by atoms with Gasteiger partial charge in [0.15, 0.2) is 5.78 Å². The Labute approximate surface area is 155 Å². The summed E-state index contributed by atoms with van der Waals surface area (Å²) in [5, 5.41) is 0. The second kappa shape index (κ2) is 6.17. The summed E-state index contributed by atoms with van der Waals surface area (Å²) in [4.78, 5) is 21.3. The Balaban J connectivity index is 0.000000301. The minimum atomic E-state index is -0.554. The van der Waals surface area contributed by atoms with Crippen LogP contribution in [0.4, 0.5) is 4.39 Å². The quantitative estimate of drug-likeness (QED) is 0.589. The molecule has 5 aliphatic rings. The molecule has 0 saturated heterocycles. The lowest BCUT2D eigenvalue weighted by atomic mass is 9.50. The summed E-state index contributed by atoms with van der Waals surface area (Å²) in [7, 11) is 1.35. The largest absolute Gasteiger partial charge is 0.469 e. The Hall–Kier alpha value is -1.19. The number of methoxy groups -OCH3 is 1. The van der Waals surface area contributed by atoms with Crippen molar-refractivity contribution in [1.82, 2.24) is 0 Å². The van der Waals surface area contributed by atoms with Gasteiger partial charge < -0.3 is 4.74 Å². The molecule has 144 valence electrons. The first-order chi connectivity index (χ1) is 12.3. The van der Waals surface area contributed by atoms with Crippen LogP contribution in [-0.2, 0) is 14.3 Å². The normalized spacial score (nSPS) is 47.9. The van der Waals surface area contributed by atoms with Crippen molar-refractivity contribution in [3.8, 4) is 0 Å². The number of carbonyl (C=O) groups is 2. The zero-order chi connectivity index (χ0) is 18.7. The van der Waals surface area contributed by atoms with E-state index in [1.807, 2.05) is 6.08 Å². The number of rotatable bonds is 0. The van der Waals surface area contributed by atoms with Crippen LogP contribution in [0.5, 0.6) is 0 Å². The van der Waals surface area contributed by atoms with E-state index in [2.05, 4.69) is 11.7 Å². The molecule has 0 heterocycles. The number of ketones is 1. The Morgan fingerprint density at radius 2 is 2.00 bits per heavy atom. The standard InChI is InChI=1S/C19H25FO.C3H6O2/c1-18-7-6-15-14-4-3-13(21)8-11(14)2-5-16(15)19(18)10-12(19)9-17(18)20;1-3(4)5-2/h8,12,14-17H,2-7,9-10H2,1H3;1-2H3/t12?,14-,15?,16?,17?,18?,19?;/m0./s1. The fourth-order valence-electron chi connectivity index (χ4n) is 7.35. The summed E-state index contributed by atoms with van der Waals surface area (Å²) in [5.41, 5.74) is 1.77. The van der Waals surface area contributed by atoms with Crippen molar-refractivity contribution in [3.05, 3.63) is 11.6 Å². The van der Waals surface area contributed by atoms with Crippen LogP contribution in [0.1, 0.15) is 65.2 Å². The minimum Gasteiger partial charge on any atom is -0.469 e. The average molecular weight is 362 g/mol. The third-order valence-electron chi connectivity index (χ3n) is 8.65. The second-order valence-electron chi connectivity index (χ2n) is 9.44. The zero-order valence-corrected chi connectivity index (χ0v) is 16.2. The lowest BCUT2D eigenvalue weighted by Gasteiger charge is -2.55. The molecule has 0 aromatic rings. The van der Waals surface area contributed by atoms with Gasteiger partial charge >= 0.3 is 5.97 Å². The Bertz CT molecular complexity index is 656. The van der Waals surface area contributed by atoms with Crippen LogP contribution in [0, 0.1) is 34.5 Å². The molecule has 0 radical (unpaired) electrons. The third kappa shape index (κ3) is 2.43. The predicted molar refractivity (Wildman–Crippen MR) is 97.1 cm³/mol. The van der Waals surface area contributed by atoms with Crippen molar-refractivity contribution >= 4 is 11.8 Å². The van der Waals surface area contributed by atoms with Crippen molar-refractivity contribution < 1.29 is 18.7 Å². The number of ether oxygens (including phenoxy) is 1. The van der Waals surface area contributed by atoms with Crippen LogP contribution < -0.4 is 0 Å². The number of alkyl halides is 1. The summed E-state index contributed by atoms with van der Waals surface area (Å²) in [6.45, 7) is 3.62. The van der Waals surface area contributed by atoms with E-state index >= 15 is 0 Å². The van der Waals surface area contributed by atoms with E-state index in [4.69, 9.17) is 0 Å². The highest BCUT2D eigenvalue weighted by molar-refractivity contribution is 5.91. The van der Waals surface area contributed by atoms with Crippen LogP contribution in [-0.4, -0.2) is 25.0 Å². The van der Waals surface area contributed by atoms with Gasteiger partial charge in [0.2, 0.25) is 0 Å². The van der Waals surface area contributed by atoms with E-state index in [0.29, 0.717) is 23.0 Å². The first-order valence-electron chi connectivity index (χ1n) is 10.3. The van der Waals surface area contributed by atoms with Gasteiger partial charge in [-0.3, -0.25) is 9.59 Å². The van der Waals surface area contributed by atoms with E-state index in [9.17, 15) is 14.0 Å². The molecule has 0 aromatic heterocycles. The smallest absolute Gasteiger partial charge is 0.302 e. The van der Waals surface area contributed by atoms with E-state index < -0.39 is 6.17 Å². The number of carbonyl (C=O) groups excluding carboxylic acids is 2. The molecule has 6 unspecified atom stereocenters. The molecular formula is C22H31FO3. The van der Waals surface area contributed by atoms with E-state index in [0.717, 1.165) is 43.9 Å². The maximum Gasteiger partial charge on any atom is 0.302 e. The van der Waals surface area contributed by atoms with E-state index in [1.165, 1.54) is 38.9 Å². The minimum absolute atomic E-state index is 0.0233. The zero-order valence-electron chi connectivity index (χ0n) is 16.2. The number of hydrogen-bond acceptors (Lipinski definition) is 3. The Kier molecular flexibility index (Phi) is 4.32. The van der Waals surface area contributed by atoms with Crippen molar-refractivity contribution in [2.75, 3.05) is 7.11 Å². The summed E-state index contributed by atoms with van der Waals surface area (Å²) in [5.74, 6) is 2.93. The van der Waals surface area contributed by atoms with Crippen molar-refractivity contribution in [2.45, 2.75) is 71.4 Å². The molecule has 1 spiro atoms. The molecular weight excluding hydrogens is 331 g/mol. The summed E-state index contributed by atoms with van der Waals surface area (Å²) < 4.78 is 18.7. The van der Waals surface area contributed by atoms with Crippen molar-refractivity contribution in [2.24, 2.45) is 34.5 Å². The lowest BCUT2D eigenvalue weighted by Crippen LogP contribution is -2.49. The number of allylic oxidation sites excluding steroid dienone is 1. The van der Waals surface area contributed by atoms with Gasteiger partial charge in [0.05, 0.1) is 7.11 Å². The lowest BCUT2D eigenvalue weighted by molar-refractivity contribution is -0.137. The predicted octanol–water partition coefficient (Wildman–Crippen LogP) is 4.65. The highest BCUT2D eigenvalue weighted by Crippen LogP contribution is 2.82. The molecule has 0 bridgehead atoms. The van der Waals surface area contributed by atoms with Gasteiger partial charge in [0.1, 0.15) is 6.17 Å². The molecule has 0 aliphatic heterocycles. The average Bonchev–Trinajstić information content (AvgIpc) is 3.27. The maximum absolute atomic E-state index is 14.6. The molecule has 4 saturated carbocycles. The molecule has 0 aromatic carbocycles. The number of hydrogen-bond donors (Lipinski definition) is 0. The van der Waals surface area contributed by atoms with Gasteiger partial charge in [-0.05, 0) is 80.1 Å². The van der Waals surface area contributed by atoms with Crippen LogP contribution in [0.2, 0.25) is 0 Å². The highest BCUT2D eigenvalue weighted by atomic mass is 19.1. The van der Waals surface area contributed by atoms with E-state index in [1.54, 1.807) is 0 Å². The number of halogens is 1. The first kappa shape index (κ1) is 18.2. The van der Waals surface area contributed by atoms with Gasteiger partial charge in [-0.1, -0.05) is 12.5 Å². The fourth-order valence-corrected chi connectivity index (χ4v) is 7.35. The summed E-state index contributed by atoms with van der Waals surface area (Å²) >= 11 is 0. The van der Waals surface area contributed by atoms with Crippen LogP contribution in [0.3, 0.4) is 0 Å². The van der Waals surface area contributed by atoms with Gasteiger partial charge in [-0.2, -0.15) is 0 Å². The van der Waals surface area contributed by atoms with Gasteiger partial charge in [-0.25, -0.2) is 4.39 Å². The molecule has 5 aliphatic carbocycles. The fraction of sp³-hybridized carbons (Fsp3) is 0.818. The van der Waals surface area contributed by atoms with Gasteiger partial charge in [-0.15, -0.1) is 0 Å². The Morgan fingerprint density at radius 3 is 2.69 bits per heavy atom. The van der Waals surface area contributed by atoms with Crippen molar-refractivity contribution in [3.63, 3.8) is 0 Å². The molecule has 4 fully saturated rings. The second-order valence-corrected chi connectivity index (χ2v) is 9.44. The number of fused-ring (bicyclic) bond motifs is 3. The molecule has 3 nitrogen and oxygen atoms in total. The van der Waals surface area contributed by atoms with Crippen LogP contribution >= 0.6 is 0 Å². The topological polar surface area (TPSA) is 43.4 Å². The summed E-state index contributed by atoms with van der Waals surface area (Å²) in [6, 6.07) is 0. The Morgan fingerprint density at radius 1 is 1.27 bits per heavy atom. The van der Waals surface area contributed by atoms with Gasteiger partial charge in [0, 0.05) is 18.8 Å². The van der Waals surface area contributed by atoms with Crippen molar-refractivity contribution in [1.29, 1.82) is 0 Å². The molecule has 7 atom stereocenters. The molecule has 0 amide bonds. The molecule has 26 heavy (non-hydrogen) atoms. The monoisotopic (exact) mass is 362 g/mol. The van der Waals surface area contributed by atoms with Crippen LogP contribution in [0.15, 0.2) is 11.6 Å². The maximum atomic E-state index is 14.6. The third-order valence-corrected chi connectivity index (χ3v) is 8.65.